The second-order valence-electron chi connectivity index (χ2n) is 5.02. The Morgan fingerprint density at radius 3 is 2.81 bits per heavy atom. The fourth-order valence-corrected chi connectivity index (χ4v) is 2.47. The molecule has 3 rings (SSSR count). The van der Waals surface area contributed by atoms with Gasteiger partial charge in [0.15, 0.2) is 0 Å². The number of ether oxygens (including phenoxy) is 1. The molecule has 0 amide bonds. The van der Waals surface area contributed by atoms with Crippen LogP contribution in [0.25, 0.3) is 0 Å². The Labute approximate surface area is 122 Å². The summed E-state index contributed by atoms with van der Waals surface area (Å²) in [7, 11) is 0. The molecule has 0 N–H and O–H groups in total. The van der Waals surface area contributed by atoms with Gasteiger partial charge in [-0.1, -0.05) is 0 Å². The average molecular weight is 284 g/mol. The van der Waals surface area contributed by atoms with Crippen LogP contribution < -0.4 is 10.4 Å². The number of aryl methyl sites for hydroxylation is 1. The minimum absolute atomic E-state index is 0.0480. The highest BCUT2D eigenvalue weighted by Crippen LogP contribution is 2.12. The van der Waals surface area contributed by atoms with E-state index in [9.17, 15) is 4.79 Å². The van der Waals surface area contributed by atoms with Gasteiger partial charge in [0.05, 0.1) is 18.2 Å². The summed E-state index contributed by atoms with van der Waals surface area (Å²) < 4.78 is 8.81. The van der Waals surface area contributed by atoms with Crippen molar-refractivity contribution >= 4 is 0 Å². The summed E-state index contributed by atoms with van der Waals surface area (Å²) in [5, 5.41) is 13.1. The number of aromatic nitrogens is 3. The Balaban J connectivity index is 1.61. The van der Waals surface area contributed by atoms with Gasteiger partial charge in [0.1, 0.15) is 18.2 Å². The van der Waals surface area contributed by atoms with Gasteiger partial charge in [-0.25, -0.2) is 9.48 Å². The van der Waals surface area contributed by atoms with E-state index in [0.29, 0.717) is 24.5 Å². The minimum Gasteiger partial charge on any atom is -0.492 e. The maximum absolute atomic E-state index is 12.1. The first-order chi connectivity index (χ1) is 10.3. The fraction of sp³-hybridized carbons (Fsp3) is 0.400. The Bertz CT molecular complexity index is 722. The summed E-state index contributed by atoms with van der Waals surface area (Å²) in [5.41, 5.74) is 0.550. The maximum atomic E-state index is 12.1. The van der Waals surface area contributed by atoms with E-state index < -0.39 is 0 Å². The Hall–Kier alpha value is -2.55. The molecule has 21 heavy (non-hydrogen) atoms. The summed E-state index contributed by atoms with van der Waals surface area (Å²) in [5.74, 6) is 1.57. The summed E-state index contributed by atoms with van der Waals surface area (Å²) >= 11 is 0. The second kappa shape index (κ2) is 5.83. The van der Waals surface area contributed by atoms with Crippen LogP contribution in [0.4, 0.5) is 0 Å². The van der Waals surface area contributed by atoms with E-state index in [4.69, 9.17) is 10.00 Å². The summed E-state index contributed by atoms with van der Waals surface area (Å²) in [6.07, 6.45) is 3.01. The predicted octanol–water partition coefficient (Wildman–Crippen LogP) is 1.33. The fourth-order valence-electron chi connectivity index (χ4n) is 2.47. The van der Waals surface area contributed by atoms with E-state index in [-0.39, 0.29) is 5.69 Å². The quantitative estimate of drug-likeness (QED) is 0.849. The molecule has 0 saturated carbocycles. The van der Waals surface area contributed by atoms with Gasteiger partial charge < -0.3 is 4.74 Å². The SMILES string of the molecule is N#Cc1ccc(OCCn2nc3n(c2=O)CCCC3)cc1. The van der Waals surface area contributed by atoms with Gasteiger partial charge in [-0.2, -0.15) is 10.4 Å². The number of benzene rings is 1. The maximum Gasteiger partial charge on any atom is 0.346 e. The van der Waals surface area contributed by atoms with Gasteiger partial charge >= 0.3 is 5.69 Å². The van der Waals surface area contributed by atoms with Crippen LogP contribution in [0.15, 0.2) is 29.1 Å². The van der Waals surface area contributed by atoms with E-state index in [0.717, 1.165) is 31.6 Å². The first-order valence-electron chi connectivity index (χ1n) is 7.07. The molecule has 2 heterocycles. The van der Waals surface area contributed by atoms with Crippen molar-refractivity contribution in [3.63, 3.8) is 0 Å². The standard InChI is InChI=1S/C15H16N4O2/c16-11-12-4-6-13(7-5-12)21-10-9-19-15(20)18-8-2-1-3-14(18)17-19/h4-7H,1-3,8-10H2. The molecular weight excluding hydrogens is 268 g/mol. The van der Waals surface area contributed by atoms with Crippen LogP contribution in [0.5, 0.6) is 5.75 Å². The van der Waals surface area contributed by atoms with Gasteiger partial charge in [0.2, 0.25) is 0 Å². The zero-order valence-electron chi connectivity index (χ0n) is 11.7. The molecule has 1 aromatic carbocycles. The van der Waals surface area contributed by atoms with Gasteiger partial charge in [-0.3, -0.25) is 4.57 Å². The molecule has 6 heteroatoms. The van der Waals surface area contributed by atoms with Crippen molar-refractivity contribution in [2.75, 3.05) is 6.61 Å². The first-order valence-corrected chi connectivity index (χ1v) is 7.07. The highest BCUT2D eigenvalue weighted by Gasteiger charge is 2.16. The van der Waals surface area contributed by atoms with Crippen LogP contribution in [0.2, 0.25) is 0 Å². The van der Waals surface area contributed by atoms with Gasteiger partial charge in [-0.05, 0) is 37.1 Å². The number of nitriles is 1. The first kappa shape index (κ1) is 13.4. The second-order valence-corrected chi connectivity index (χ2v) is 5.02. The molecule has 0 atom stereocenters. The molecule has 0 spiro atoms. The van der Waals surface area contributed by atoms with Gasteiger partial charge in [-0.15, -0.1) is 0 Å². The van der Waals surface area contributed by atoms with Crippen LogP contribution in [-0.4, -0.2) is 21.0 Å². The van der Waals surface area contributed by atoms with Crippen molar-refractivity contribution < 1.29 is 4.74 Å². The normalized spacial score (nSPS) is 13.5. The average Bonchev–Trinajstić information content (AvgIpc) is 2.85. The minimum atomic E-state index is -0.0480. The lowest BCUT2D eigenvalue weighted by molar-refractivity contribution is 0.288. The zero-order valence-corrected chi connectivity index (χ0v) is 11.7. The van der Waals surface area contributed by atoms with E-state index >= 15 is 0 Å². The molecule has 1 aromatic heterocycles. The summed E-state index contributed by atoms with van der Waals surface area (Å²) in [4.78, 5) is 12.1. The lowest BCUT2D eigenvalue weighted by Crippen LogP contribution is -2.28. The molecule has 6 nitrogen and oxygen atoms in total. The van der Waals surface area contributed by atoms with E-state index in [1.807, 2.05) is 0 Å². The smallest absolute Gasteiger partial charge is 0.346 e. The summed E-state index contributed by atoms with van der Waals surface area (Å²) in [6.45, 7) is 1.58. The molecule has 0 bridgehead atoms. The number of nitrogens with zero attached hydrogens (tertiary/aromatic N) is 4. The van der Waals surface area contributed by atoms with Crippen LogP contribution in [0.1, 0.15) is 24.2 Å². The molecule has 0 saturated heterocycles. The third-order valence-corrected chi connectivity index (χ3v) is 3.59. The predicted molar refractivity (Wildman–Crippen MR) is 76.1 cm³/mol. The van der Waals surface area contributed by atoms with Crippen molar-refractivity contribution in [1.29, 1.82) is 5.26 Å². The van der Waals surface area contributed by atoms with E-state index in [1.54, 1.807) is 28.8 Å². The Morgan fingerprint density at radius 2 is 2.10 bits per heavy atom. The topological polar surface area (TPSA) is 72.8 Å². The third kappa shape index (κ3) is 2.82. The van der Waals surface area contributed by atoms with Crippen LogP contribution in [-0.2, 0) is 19.5 Å². The van der Waals surface area contributed by atoms with Crippen molar-refractivity contribution in [2.24, 2.45) is 0 Å². The molecule has 0 unspecified atom stereocenters. The van der Waals surface area contributed by atoms with Crippen molar-refractivity contribution in [2.45, 2.75) is 32.4 Å². The van der Waals surface area contributed by atoms with Crippen LogP contribution in [0, 0.1) is 11.3 Å². The van der Waals surface area contributed by atoms with Gasteiger partial charge in [0.25, 0.3) is 0 Å². The lowest BCUT2D eigenvalue weighted by Gasteiger charge is -2.09. The highest BCUT2D eigenvalue weighted by molar-refractivity contribution is 5.34. The molecule has 0 fully saturated rings. The van der Waals surface area contributed by atoms with Crippen LogP contribution >= 0.6 is 0 Å². The Morgan fingerprint density at radius 1 is 1.29 bits per heavy atom. The number of rotatable bonds is 4. The molecule has 1 aliphatic rings. The van der Waals surface area contributed by atoms with E-state index in [2.05, 4.69) is 11.2 Å². The molecule has 0 radical (unpaired) electrons. The van der Waals surface area contributed by atoms with Gasteiger partial charge in [0, 0.05) is 13.0 Å². The molecule has 108 valence electrons. The molecule has 2 aromatic rings. The zero-order chi connectivity index (χ0) is 14.7. The number of fused-ring (bicyclic) bond motifs is 1. The molecule has 1 aliphatic heterocycles. The van der Waals surface area contributed by atoms with Crippen molar-refractivity contribution in [3.05, 3.63) is 46.1 Å². The Kier molecular flexibility index (Phi) is 3.73. The number of hydrogen-bond acceptors (Lipinski definition) is 4. The number of hydrogen-bond donors (Lipinski definition) is 0. The van der Waals surface area contributed by atoms with E-state index in [1.165, 1.54) is 4.68 Å². The lowest BCUT2D eigenvalue weighted by atomic mass is 10.2. The largest absolute Gasteiger partial charge is 0.492 e. The van der Waals surface area contributed by atoms with Crippen LogP contribution in [0.3, 0.4) is 0 Å². The summed E-state index contributed by atoms with van der Waals surface area (Å²) in [6, 6.07) is 8.97. The van der Waals surface area contributed by atoms with Crippen molar-refractivity contribution in [1.82, 2.24) is 14.3 Å². The van der Waals surface area contributed by atoms with Crippen molar-refractivity contribution in [3.8, 4) is 11.8 Å². The molecule has 0 aliphatic carbocycles. The molecular formula is C15H16N4O2. The highest BCUT2D eigenvalue weighted by atomic mass is 16.5. The monoisotopic (exact) mass is 284 g/mol. The third-order valence-electron chi connectivity index (χ3n) is 3.59.